The molecule has 16 nitrogen and oxygen atoms in total. The van der Waals surface area contributed by atoms with E-state index in [4.69, 9.17) is 54.2 Å². The zero-order valence-corrected chi connectivity index (χ0v) is 21.8. The van der Waals surface area contributed by atoms with Crippen molar-refractivity contribution in [2.24, 2.45) is 28.7 Å². The van der Waals surface area contributed by atoms with Crippen molar-refractivity contribution in [3.63, 3.8) is 0 Å². The van der Waals surface area contributed by atoms with E-state index in [-0.39, 0.29) is 25.8 Å². The maximum atomic E-state index is 10.4. The highest BCUT2D eigenvalue weighted by Gasteiger charge is 2.27. The molecule has 224 valence electrons. The van der Waals surface area contributed by atoms with Crippen LogP contribution in [0.5, 0.6) is 0 Å². The summed E-state index contributed by atoms with van der Waals surface area (Å²) in [4.78, 5) is 51.9. The van der Waals surface area contributed by atoms with Gasteiger partial charge in [0.15, 0.2) is 5.66 Å². The van der Waals surface area contributed by atoms with Crippen molar-refractivity contribution in [2.45, 2.75) is 82.3 Å². The van der Waals surface area contributed by atoms with Crippen LogP contribution < -0.4 is 28.7 Å². The number of carboxylic acid groups (broad SMARTS) is 5. The largest absolute Gasteiger partial charge is 0.481 e. The first-order chi connectivity index (χ1) is 17.6. The van der Waals surface area contributed by atoms with Gasteiger partial charge in [0.2, 0.25) is 0 Å². The lowest BCUT2D eigenvalue weighted by Gasteiger charge is -2.22. The summed E-state index contributed by atoms with van der Waals surface area (Å²) in [6, 6.07) is -0.903. The van der Waals surface area contributed by atoms with Gasteiger partial charge >= 0.3 is 30.0 Å². The summed E-state index contributed by atoms with van der Waals surface area (Å²) >= 11 is 0. The van der Waals surface area contributed by atoms with Gasteiger partial charge in [-0.05, 0) is 57.9 Å². The van der Waals surface area contributed by atoms with Gasteiger partial charge in [-0.2, -0.15) is 0 Å². The van der Waals surface area contributed by atoms with Crippen molar-refractivity contribution >= 4 is 30.0 Å². The third-order valence-corrected chi connectivity index (χ3v) is 4.92. The van der Waals surface area contributed by atoms with Gasteiger partial charge in [-0.1, -0.05) is 6.42 Å². The Morgan fingerprint density at radius 2 is 1.21 bits per heavy atom. The zero-order valence-electron chi connectivity index (χ0n) is 21.8. The minimum atomic E-state index is -1.74. The van der Waals surface area contributed by atoms with Crippen molar-refractivity contribution < 1.29 is 49.5 Å². The minimum absolute atomic E-state index is 0.00463. The molecule has 0 spiro atoms. The molecule has 1 unspecified atom stereocenters. The highest BCUT2D eigenvalue weighted by Crippen LogP contribution is 2.08. The smallest absolute Gasteiger partial charge is 0.407 e. The number of unbranched alkanes of at least 4 members (excludes halogenated alkanes) is 3. The fourth-order valence-electron chi connectivity index (χ4n) is 2.58. The van der Waals surface area contributed by atoms with Crippen molar-refractivity contribution in [3.05, 3.63) is 0 Å². The number of hydrogen-bond acceptors (Lipinski definition) is 10. The molecule has 0 aromatic carbocycles. The van der Waals surface area contributed by atoms with E-state index in [9.17, 15) is 24.0 Å². The summed E-state index contributed by atoms with van der Waals surface area (Å²) in [5, 5.41) is 41.4. The third kappa shape index (κ3) is 27.5. The van der Waals surface area contributed by atoms with Gasteiger partial charge in [-0.3, -0.25) is 14.4 Å². The molecule has 0 saturated carbocycles. The van der Waals surface area contributed by atoms with Gasteiger partial charge in [-0.25, -0.2) is 9.59 Å². The molecular weight excluding hydrogens is 508 g/mol. The molecule has 0 aliphatic carbocycles. The first-order valence-corrected chi connectivity index (χ1v) is 12.2. The van der Waals surface area contributed by atoms with Crippen molar-refractivity contribution in [1.82, 2.24) is 4.90 Å². The average molecular weight is 555 g/mol. The quantitative estimate of drug-likeness (QED) is 0.101. The molecule has 1 aliphatic heterocycles. The number of amides is 1. The summed E-state index contributed by atoms with van der Waals surface area (Å²) < 4.78 is 0. The molecule has 0 bridgehead atoms. The fraction of sp³-hybridized carbons (Fsp3) is 0.773. The van der Waals surface area contributed by atoms with Crippen molar-refractivity contribution in [1.29, 1.82) is 0 Å². The van der Waals surface area contributed by atoms with Crippen molar-refractivity contribution in [2.75, 3.05) is 26.2 Å². The minimum Gasteiger partial charge on any atom is -0.481 e. The highest BCUT2D eigenvalue weighted by atomic mass is 16.4. The average Bonchev–Trinajstić information content (AvgIpc) is 2.85. The van der Waals surface area contributed by atoms with Crippen LogP contribution >= 0.6 is 0 Å². The molecule has 1 atom stereocenters. The van der Waals surface area contributed by atoms with Crippen LogP contribution in [0.2, 0.25) is 0 Å². The van der Waals surface area contributed by atoms with Crippen LogP contribution in [0, 0.1) is 0 Å². The number of carbonyl (C=O) groups is 5. The van der Waals surface area contributed by atoms with Gasteiger partial charge in [0, 0.05) is 32.5 Å². The van der Waals surface area contributed by atoms with E-state index in [1.54, 1.807) is 0 Å². The van der Waals surface area contributed by atoms with Gasteiger partial charge in [-0.15, -0.1) is 0 Å². The van der Waals surface area contributed by atoms with Crippen LogP contribution in [0.15, 0.2) is 0 Å². The molecule has 16 heteroatoms. The van der Waals surface area contributed by atoms with Gasteiger partial charge < -0.3 is 59.1 Å². The molecule has 1 aliphatic rings. The Bertz CT molecular complexity index is 688. The van der Waals surface area contributed by atoms with Crippen LogP contribution in [0.1, 0.15) is 70.6 Å². The number of piperidine rings is 1. The van der Waals surface area contributed by atoms with Gasteiger partial charge in [0.25, 0.3) is 0 Å². The summed E-state index contributed by atoms with van der Waals surface area (Å²) in [5.41, 5.74) is 23.6. The Balaban J connectivity index is -0.000000441. The second-order valence-corrected chi connectivity index (χ2v) is 8.45. The number of nitrogens with two attached hydrogens (primary N) is 5. The topological polar surface area (TPSA) is 320 Å². The Hall–Kier alpha value is -3.05. The maximum Gasteiger partial charge on any atom is 0.407 e. The van der Waals surface area contributed by atoms with Crippen molar-refractivity contribution in [3.8, 4) is 0 Å². The SMILES string of the molecule is NC(N)(CCCCC(=O)O)C(=O)O.NCC(N)C(=O)O.NCCCCCC(=O)O.O=C(O)N1CCCCC1. The Kier molecular flexibility index (Phi) is 25.2. The molecule has 0 aromatic rings. The standard InChI is InChI=1S/C7H14N2O4.C6H11NO2.C6H13NO2.C3H8N2O2/c8-7(9,6(12)13)4-2-1-3-5(10)11;8-6(9)7-4-2-1-3-5-7;7-5-3-1-2-4-6(8)9;4-1-2(5)3(6)7/h1-4,8-9H2,(H,10,11)(H,12,13);1-5H2,(H,8,9);1-5,7H2,(H,8,9);2H,1,4-5H2,(H,6,7). The summed E-state index contributed by atoms with van der Waals surface area (Å²) in [5.74, 6) is -3.95. The van der Waals surface area contributed by atoms with E-state index >= 15 is 0 Å². The van der Waals surface area contributed by atoms with Gasteiger partial charge in [0.05, 0.1) is 0 Å². The second-order valence-electron chi connectivity index (χ2n) is 8.45. The van der Waals surface area contributed by atoms with E-state index < -0.39 is 41.7 Å². The lowest BCUT2D eigenvalue weighted by Crippen LogP contribution is -2.56. The number of aliphatic carboxylic acids is 4. The molecule has 0 aromatic heterocycles. The summed E-state index contributed by atoms with van der Waals surface area (Å²) in [6.07, 6.45) is 6.26. The number of rotatable bonds is 13. The normalized spacial score (nSPS) is 13.2. The van der Waals surface area contributed by atoms with Crippen LogP contribution in [0.3, 0.4) is 0 Å². The lowest BCUT2D eigenvalue weighted by molar-refractivity contribution is -0.143. The summed E-state index contributed by atoms with van der Waals surface area (Å²) in [7, 11) is 0. The number of carboxylic acids is 4. The Morgan fingerprint density at radius 3 is 1.50 bits per heavy atom. The molecule has 0 radical (unpaired) electrons. The van der Waals surface area contributed by atoms with E-state index in [0.717, 1.165) is 45.2 Å². The fourth-order valence-corrected chi connectivity index (χ4v) is 2.58. The maximum absolute atomic E-state index is 10.4. The predicted octanol–water partition coefficient (Wildman–Crippen LogP) is -0.573. The molecule has 38 heavy (non-hydrogen) atoms. The lowest BCUT2D eigenvalue weighted by atomic mass is 10.0. The van der Waals surface area contributed by atoms with E-state index in [0.29, 0.717) is 19.4 Å². The molecular formula is C22H46N6O10. The van der Waals surface area contributed by atoms with Crippen LogP contribution in [-0.2, 0) is 19.2 Å². The Labute approximate surface area is 222 Å². The van der Waals surface area contributed by atoms with Crippen LogP contribution in [0.4, 0.5) is 4.79 Å². The second kappa shape index (κ2) is 24.3. The first kappa shape index (κ1) is 39.5. The molecule has 1 rings (SSSR count). The van der Waals surface area contributed by atoms with E-state index in [1.165, 1.54) is 11.3 Å². The molecule has 1 saturated heterocycles. The monoisotopic (exact) mass is 554 g/mol. The summed E-state index contributed by atoms with van der Waals surface area (Å²) in [6.45, 7) is 2.12. The van der Waals surface area contributed by atoms with E-state index in [1.807, 2.05) is 0 Å². The van der Waals surface area contributed by atoms with Crippen LogP contribution in [0.25, 0.3) is 0 Å². The number of likely N-dealkylation sites (tertiary alicyclic amines) is 1. The Morgan fingerprint density at radius 1 is 0.737 bits per heavy atom. The predicted molar refractivity (Wildman–Crippen MR) is 138 cm³/mol. The van der Waals surface area contributed by atoms with Gasteiger partial charge in [0.1, 0.15) is 6.04 Å². The zero-order chi connectivity index (χ0) is 30.1. The molecule has 1 amide bonds. The third-order valence-electron chi connectivity index (χ3n) is 4.92. The molecule has 1 heterocycles. The van der Waals surface area contributed by atoms with E-state index in [2.05, 4.69) is 0 Å². The van der Waals surface area contributed by atoms with Crippen LogP contribution in [-0.4, -0.2) is 98.3 Å². The molecule has 1 fully saturated rings. The first-order valence-electron chi connectivity index (χ1n) is 12.2. The number of nitrogens with zero attached hydrogens (tertiary/aromatic N) is 1. The number of hydrogen-bond donors (Lipinski definition) is 10. The molecule has 15 N–H and O–H groups in total. The highest BCUT2D eigenvalue weighted by molar-refractivity contribution is 5.77.